The Kier molecular flexibility index (Phi) is 9.09. The molecule has 0 aliphatic heterocycles. The monoisotopic (exact) mass is 481 g/mol. The molecule has 2 N–H and O–H groups in total. The van der Waals surface area contributed by atoms with Crippen LogP contribution in [0, 0.1) is 13.8 Å². The highest BCUT2D eigenvalue weighted by Gasteiger charge is 2.16. The summed E-state index contributed by atoms with van der Waals surface area (Å²) >= 11 is 1.32. The lowest BCUT2D eigenvalue weighted by molar-refractivity contribution is -0.123. The number of aryl methyl sites for hydroxylation is 2. The number of nitrogens with one attached hydrogen (secondary N) is 2. The van der Waals surface area contributed by atoms with Gasteiger partial charge in [0.1, 0.15) is 5.75 Å². The van der Waals surface area contributed by atoms with Crippen LogP contribution in [-0.2, 0) is 22.7 Å². The van der Waals surface area contributed by atoms with Gasteiger partial charge in [0.05, 0.1) is 18.3 Å². The average Bonchev–Trinajstić information content (AvgIpc) is 3.23. The van der Waals surface area contributed by atoms with Crippen LogP contribution in [0.3, 0.4) is 0 Å². The van der Waals surface area contributed by atoms with Crippen molar-refractivity contribution in [3.8, 4) is 5.75 Å². The SMILES string of the molecule is CCn1c(CNC(=O)COc2c(C)cccc2C)nnc1SCC(=O)N[C@@H](C)c1ccccc1. The topological polar surface area (TPSA) is 98.1 Å². The molecule has 2 amide bonds. The number of aromatic nitrogens is 3. The first-order valence-electron chi connectivity index (χ1n) is 11.2. The van der Waals surface area contributed by atoms with E-state index in [1.807, 2.05) is 80.8 Å². The second-order valence-corrected chi connectivity index (χ2v) is 8.86. The van der Waals surface area contributed by atoms with Gasteiger partial charge >= 0.3 is 0 Å². The van der Waals surface area contributed by atoms with Crippen molar-refractivity contribution >= 4 is 23.6 Å². The molecule has 0 saturated heterocycles. The first kappa shape index (κ1) is 25.3. The van der Waals surface area contributed by atoms with Gasteiger partial charge in [0.25, 0.3) is 5.91 Å². The average molecular weight is 482 g/mol. The Balaban J connectivity index is 1.48. The second-order valence-electron chi connectivity index (χ2n) is 7.92. The summed E-state index contributed by atoms with van der Waals surface area (Å²) in [6.07, 6.45) is 0. The van der Waals surface area contributed by atoms with Gasteiger partial charge in [-0.05, 0) is 44.4 Å². The Hall–Kier alpha value is -3.33. The number of benzene rings is 2. The molecule has 1 atom stereocenters. The van der Waals surface area contributed by atoms with Crippen LogP contribution in [-0.4, -0.2) is 38.9 Å². The van der Waals surface area contributed by atoms with E-state index in [-0.39, 0.29) is 36.8 Å². The van der Waals surface area contributed by atoms with Gasteiger partial charge in [-0.15, -0.1) is 10.2 Å². The van der Waals surface area contributed by atoms with Crippen molar-refractivity contribution in [1.29, 1.82) is 0 Å². The van der Waals surface area contributed by atoms with Gasteiger partial charge in [0.2, 0.25) is 5.91 Å². The van der Waals surface area contributed by atoms with E-state index in [0.29, 0.717) is 17.5 Å². The molecule has 180 valence electrons. The van der Waals surface area contributed by atoms with Crippen LogP contribution in [0.1, 0.15) is 42.4 Å². The van der Waals surface area contributed by atoms with E-state index in [0.717, 1.165) is 22.4 Å². The molecule has 0 spiro atoms. The molecule has 0 unspecified atom stereocenters. The number of ether oxygens (including phenoxy) is 1. The third-order valence-corrected chi connectivity index (χ3v) is 6.29. The minimum absolute atomic E-state index is 0.0743. The lowest BCUT2D eigenvalue weighted by Gasteiger charge is -2.14. The Bertz CT molecular complexity index is 1100. The zero-order valence-corrected chi connectivity index (χ0v) is 20.8. The van der Waals surface area contributed by atoms with Crippen LogP contribution < -0.4 is 15.4 Å². The molecule has 0 aliphatic carbocycles. The Morgan fingerprint density at radius 1 is 1.03 bits per heavy atom. The van der Waals surface area contributed by atoms with Crippen molar-refractivity contribution in [2.45, 2.75) is 52.0 Å². The Morgan fingerprint density at radius 2 is 1.74 bits per heavy atom. The largest absolute Gasteiger partial charge is 0.483 e. The highest BCUT2D eigenvalue weighted by Crippen LogP contribution is 2.22. The molecule has 0 fully saturated rings. The zero-order chi connectivity index (χ0) is 24.5. The van der Waals surface area contributed by atoms with Crippen LogP contribution in [0.2, 0.25) is 0 Å². The van der Waals surface area contributed by atoms with Crippen molar-refractivity contribution in [2.75, 3.05) is 12.4 Å². The maximum Gasteiger partial charge on any atom is 0.258 e. The number of amides is 2. The van der Waals surface area contributed by atoms with Gasteiger partial charge in [-0.2, -0.15) is 0 Å². The van der Waals surface area contributed by atoms with Crippen LogP contribution in [0.4, 0.5) is 0 Å². The van der Waals surface area contributed by atoms with Crippen molar-refractivity contribution in [1.82, 2.24) is 25.4 Å². The quantitative estimate of drug-likeness (QED) is 0.406. The van der Waals surface area contributed by atoms with E-state index >= 15 is 0 Å². The molecule has 1 aromatic heterocycles. The van der Waals surface area contributed by atoms with E-state index in [2.05, 4.69) is 20.8 Å². The van der Waals surface area contributed by atoms with Gasteiger partial charge in [0, 0.05) is 6.54 Å². The van der Waals surface area contributed by atoms with Gasteiger partial charge in [-0.3, -0.25) is 9.59 Å². The third-order valence-electron chi connectivity index (χ3n) is 5.32. The maximum atomic E-state index is 12.4. The molecule has 3 rings (SSSR count). The van der Waals surface area contributed by atoms with Gasteiger partial charge < -0.3 is 19.9 Å². The molecule has 0 saturated carbocycles. The lowest BCUT2D eigenvalue weighted by atomic mass is 10.1. The van der Waals surface area contributed by atoms with Crippen molar-refractivity contribution in [3.63, 3.8) is 0 Å². The van der Waals surface area contributed by atoms with Crippen molar-refractivity contribution in [3.05, 3.63) is 71.0 Å². The maximum absolute atomic E-state index is 12.4. The molecule has 8 nitrogen and oxygen atoms in total. The summed E-state index contributed by atoms with van der Waals surface area (Å²) in [6.45, 7) is 8.61. The summed E-state index contributed by atoms with van der Waals surface area (Å²) in [4.78, 5) is 24.7. The number of hydrogen-bond donors (Lipinski definition) is 2. The van der Waals surface area contributed by atoms with E-state index in [1.165, 1.54) is 11.8 Å². The van der Waals surface area contributed by atoms with Crippen molar-refractivity contribution < 1.29 is 14.3 Å². The highest BCUT2D eigenvalue weighted by atomic mass is 32.2. The molecule has 0 aliphatic rings. The van der Waals surface area contributed by atoms with Crippen molar-refractivity contribution in [2.24, 2.45) is 0 Å². The first-order chi connectivity index (χ1) is 16.4. The fraction of sp³-hybridized carbons (Fsp3) is 0.360. The summed E-state index contributed by atoms with van der Waals surface area (Å²) in [5.41, 5.74) is 3.03. The summed E-state index contributed by atoms with van der Waals surface area (Å²) in [5.74, 6) is 1.27. The fourth-order valence-electron chi connectivity index (χ4n) is 3.51. The van der Waals surface area contributed by atoms with Crippen LogP contribution in [0.15, 0.2) is 53.7 Å². The van der Waals surface area contributed by atoms with Crippen LogP contribution >= 0.6 is 11.8 Å². The number of hydrogen-bond acceptors (Lipinski definition) is 6. The molecule has 34 heavy (non-hydrogen) atoms. The molecule has 9 heteroatoms. The molecular weight excluding hydrogens is 450 g/mol. The third kappa shape index (κ3) is 6.84. The normalized spacial score (nSPS) is 11.6. The zero-order valence-electron chi connectivity index (χ0n) is 20.0. The minimum Gasteiger partial charge on any atom is -0.483 e. The van der Waals surface area contributed by atoms with E-state index in [9.17, 15) is 9.59 Å². The standard InChI is InChI=1S/C25H31N5O3S/c1-5-30-21(14-26-22(31)15-33-24-17(2)10-9-11-18(24)3)28-29-25(30)34-16-23(32)27-19(4)20-12-7-6-8-13-20/h6-13,19H,5,14-16H2,1-4H3,(H,26,31)(H,27,32)/t19-/m0/s1. The summed E-state index contributed by atoms with van der Waals surface area (Å²) < 4.78 is 7.60. The second kappa shape index (κ2) is 12.2. The lowest BCUT2D eigenvalue weighted by Crippen LogP contribution is -2.30. The molecule has 1 heterocycles. The molecule has 0 bridgehead atoms. The molecular formula is C25H31N5O3S. The van der Waals surface area contributed by atoms with E-state index < -0.39 is 0 Å². The molecule has 3 aromatic rings. The predicted octanol–water partition coefficient (Wildman–Crippen LogP) is 3.58. The summed E-state index contributed by atoms with van der Waals surface area (Å²) in [7, 11) is 0. The number of para-hydroxylation sites is 1. The fourth-order valence-corrected chi connectivity index (χ4v) is 4.34. The van der Waals surface area contributed by atoms with Gasteiger partial charge in [-0.25, -0.2) is 0 Å². The highest BCUT2D eigenvalue weighted by molar-refractivity contribution is 7.99. The molecule has 2 aromatic carbocycles. The van der Waals surface area contributed by atoms with E-state index in [4.69, 9.17) is 4.74 Å². The number of thioether (sulfide) groups is 1. The Labute approximate surface area is 204 Å². The number of rotatable bonds is 11. The smallest absolute Gasteiger partial charge is 0.258 e. The van der Waals surface area contributed by atoms with Gasteiger partial charge in [-0.1, -0.05) is 60.3 Å². The first-order valence-corrected chi connectivity index (χ1v) is 12.2. The predicted molar refractivity (Wildman–Crippen MR) is 133 cm³/mol. The van der Waals surface area contributed by atoms with Gasteiger partial charge in [0.15, 0.2) is 17.6 Å². The van der Waals surface area contributed by atoms with E-state index in [1.54, 1.807) is 0 Å². The summed E-state index contributed by atoms with van der Waals surface area (Å²) in [6, 6.07) is 15.6. The van der Waals surface area contributed by atoms with Crippen LogP contribution in [0.5, 0.6) is 5.75 Å². The number of carbonyl (C=O) groups is 2. The number of carbonyl (C=O) groups excluding carboxylic acids is 2. The Morgan fingerprint density at radius 3 is 2.41 bits per heavy atom. The van der Waals surface area contributed by atoms with Crippen LogP contribution in [0.25, 0.3) is 0 Å². The number of nitrogens with zero attached hydrogens (tertiary/aromatic N) is 3. The molecule has 0 radical (unpaired) electrons. The summed E-state index contributed by atoms with van der Waals surface area (Å²) in [5, 5.41) is 14.9. The minimum atomic E-state index is -0.239.